The Morgan fingerprint density at radius 3 is 2.26 bits per heavy atom. The van der Waals surface area contributed by atoms with E-state index in [1.807, 2.05) is 0 Å². The molecule has 2 aliphatic carbocycles. The number of nitrogens with zero attached hydrogens (tertiary/aromatic N) is 1. The van der Waals surface area contributed by atoms with Gasteiger partial charge in [-0.05, 0) is 64.3 Å². The average Bonchev–Trinajstić information content (AvgIpc) is 3.21. The number of rotatable bonds is 7. The zero-order valence-corrected chi connectivity index (χ0v) is 13.5. The standard InChI is InChI=1S/C17H34N2/c1-5-14-9-10-16(18-6-2)17(11-14)19(13(3)4)12-15-7-8-15/h13-18H,5-12H2,1-4H3. The summed E-state index contributed by atoms with van der Waals surface area (Å²) in [5.41, 5.74) is 0. The Labute approximate surface area is 120 Å². The molecule has 0 aromatic heterocycles. The van der Waals surface area contributed by atoms with Gasteiger partial charge < -0.3 is 5.32 Å². The average molecular weight is 266 g/mol. The van der Waals surface area contributed by atoms with Crippen LogP contribution in [0.1, 0.15) is 66.2 Å². The van der Waals surface area contributed by atoms with Gasteiger partial charge in [0.15, 0.2) is 0 Å². The monoisotopic (exact) mass is 266 g/mol. The Bertz CT molecular complexity index is 260. The number of likely N-dealkylation sites (N-methyl/N-ethyl adjacent to an activating group) is 1. The second-order valence-corrected chi connectivity index (χ2v) is 7.05. The van der Waals surface area contributed by atoms with E-state index in [1.54, 1.807) is 0 Å². The first kappa shape index (κ1) is 15.3. The van der Waals surface area contributed by atoms with Crippen molar-refractivity contribution in [2.75, 3.05) is 13.1 Å². The summed E-state index contributed by atoms with van der Waals surface area (Å²) < 4.78 is 0. The maximum absolute atomic E-state index is 3.77. The highest BCUT2D eigenvalue weighted by atomic mass is 15.2. The molecule has 0 spiro atoms. The molecule has 2 heteroatoms. The lowest BCUT2D eigenvalue weighted by molar-refractivity contribution is 0.0666. The van der Waals surface area contributed by atoms with Gasteiger partial charge in [-0.2, -0.15) is 0 Å². The molecule has 19 heavy (non-hydrogen) atoms. The van der Waals surface area contributed by atoms with Crippen LogP contribution in [-0.4, -0.2) is 36.1 Å². The Balaban J connectivity index is 2.03. The molecule has 3 atom stereocenters. The molecule has 0 saturated heterocycles. The molecule has 0 radical (unpaired) electrons. The summed E-state index contributed by atoms with van der Waals surface area (Å²) in [6.45, 7) is 11.9. The van der Waals surface area contributed by atoms with Crippen LogP contribution in [0.3, 0.4) is 0 Å². The van der Waals surface area contributed by atoms with Crippen LogP contribution in [0.4, 0.5) is 0 Å². The molecule has 2 aliphatic rings. The maximum atomic E-state index is 3.77. The lowest BCUT2D eigenvalue weighted by atomic mass is 9.79. The first-order chi connectivity index (χ1) is 9.15. The van der Waals surface area contributed by atoms with Gasteiger partial charge in [0.05, 0.1) is 0 Å². The van der Waals surface area contributed by atoms with Gasteiger partial charge in [0.2, 0.25) is 0 Å². The number of hydrogen-bond acceptors (Lipinski definition) is 2. The fourth-order valence-electron chi connectivity index (χ4n) is 3.80. The quantitative estimate of drug-likeness (QED) is 0.756. The molecule has 0 aromatic carbocycles. The van der Waals surface area contributed by atoms with Gasteiger partial charge in [-0.1, -0.05) is 20.3 Å². The van der Waals surface area contributed by atoms with Crippen LogP contribution in [0.2, 0.25) is 0 Å². The van der Waals surface area contributed by atoms with Gasteiger partial charge in [-0.3, -0.25) is 4.90 Å². The van der Waals surface area contributed by atoms with Crippen LogP contribution in [0.25, 0.3) is 0 Å². The summed E-state index contributed by atoms with van der Waals surface area (Å²) in [7, 11) is 0. The van der Waals surface area contributed by atoms with Gasteiger partial charge in [-0.15, -0.1) is 0 Å². The van der Waals surface area contributed by atoms with Crippen molar-refractivity contribution in [3.05, 3.63) is 0 Å². The van der Waals surface area contributed by atoms with Crippen molar-refractivity contribution < 1.29 is 0 Å². The number of nitrogens with one attached hydrogen (secondary N) is 1. The highest BCUT2D eigenvalue weighted by molar-refractivity contribution is 4.93. The molecular weight excluding hydrogens is 232 g/mol. The van der Waals surface area contributed by atoms with Gasteiger partial charge >= 0.3 is 0 Å². The molecule has 1 N–H and O–H groups in total. The van der Waals surface area contributed by atoms with E-state index in [9.17, 15) is 0 Å². The summed E-state index contributed by atoms with van der Waals surface area (Å²) in [4.78, 5) is 2.83. The Morgan fingerprint density at radius 2 is 1.74 bits per heavy atom. The molecule has 2 fully saturated rings. The Hall–Kier alpha value is -0.0800. The van der Waals surface area contributed by atoms with E-state index in [0.29, 0.717) is 6.04 Å². The summed E-state index contributed by atoms with van der Waals surface area (Å²) in [5, 5.41) is 3.77. The van der Waals surface area contributed by atoms with Gasteiger partial charge in [-0.25, -0.2) is 0 Å². The van der Waals surface area contributed by atoms with Crippen molar-refractivity contribution in [2.45, 2.75) is 84.3 Å². The maximum Gasteiger partial charge on any atom is 0.0254 e. The second-order valence-electron chi connectivity index (χ2n) is 7.05. The first-order valence-corrected chi connectivity index (χ1v) is 8.64. The van der Waals surface area contributed by atoms with E-state index in [4.69, 9.17) is 0 Å². The summed E-state index contributed by atoms with van der Waals surface area (Å²) in [5.74, 6) is 1.96. The molecular formula is C17H34N2. The van der Waals surface area contributed by atoms with Crippen LogP contribution in [0, 0.1) is 11.8 Å². The van der Waals surface area contributed by atoms with Crippen molar-refractivity contribution in [1.29, 1.82) is 0 Å². The SMILES string of the molecule is CCNC1CCC(CC)CC1N(CC1CC1)C(C)C. The highest BCUT2D eigenvalue weighted by Crippen LogP contribution is 2.35. The molecule has 112 valence electrons. The smallest absolute Gasteiger partial charge is 0.0254 e. The van der Waals surface area contributed by atoms with Crippen LogP contribution < -0.4 is 5.32 Å². The second kappa shape index (κ2) is 7.08. The summed E-state index contributed by atoms with van der Waals surface area (Å²) in [6, 6.07) is 2.20. The third kappa shape index (κ3) is 4.19. The Morgan fingerprint density at radius 1 is 1.05 bits per heavy atom. The lowest BCUT2D eigenvalue weighted by Gasteiger charge is -2.45. The zero-order valence-electron chi connectivity index (χ0n) is 13.5. The van der Waals surface area contributed by atoms with E-state index in [1.165, 1.54) is 45.1 Å². The van der Waals surface area contributed by atoms with Crippen molar-refractivity contribution in [2.24, 2.45) is 11.8 Å². The highest BCUT2D eigenvalue weighted by Gasteiger charge is 2.36. The van der Waals surface area contributed by atoms with Gasteiger partial charge in [0, 0.05) is 24.7 Å². The van der Waals surface area contributed by atoms with E-state index in [-0.39, 0.29) is 0 Å². The van der Waals surface area contributed by atoms with E-state index in [2.05, 4.69) is 37.9 Å². The first-order valence-electron chi connectivity index (χ1n) is 8.64. The lowest BCUT2D eigenvalue weighted by Crippen LogP contribution is -2.55. The summed E-state index contributed by atoms with van der Waals surface area (Å²) >= 11 is 0. The van der Waals surface area contributed by atoms with E-state index < -0.39 is 0 Å². The predicted molar refractivity (Wildman–Crippen MR) is 83.5 cm³/mol. The third-order valence-electron chi connectivity index (χ3n) is 5.22. The van der Waals surface area contributed by atoms with Crippen LogP contribution in [0.15, 0.2) is 0 Å². The minimum absolute atomic E-state index is 0.697. The molecule has 0 amide bonds. The van der Waals surface area contributed by atoms with Crippen molar-refractivity contribution in [1.82, 2.24) is 10.2 Å². The van der Waals surface area contributed by atoms with E-state index >= 15 is 0 Å². The topological polar surface area (TPSA) is 15.3 Å². The summed E-state index contributed by atoms with van der Waals surface area (Å²) in [6.07, 6.45) is 8.53. The van der Waals surface area contributed by atoms with Crippen molar-refractivity contribution in [3.8, 4) is 0 Å². The normalized spacial score (nSPS) is 32.2. The zero-order chi connectivity index (χ0) is 13.8. The molecule has 2 saturated carbocycles. The third-order valence-corrected chi connectivity index (χ3v) is 5.22. The molecule has 2 rings (SSSR count). The molecule has 2 nitrogen and oxygen atoms in total. The fraction of sp³-hybridized carbons (Fsp3) is 1.00. The fourth-order valence-corrected chi connectivity index (χ4v) is 3.80. The van der Waals surface area contributed by atoms with Crippen LogP contribution in [-0.2, 0) is 0 Å². The largest absolute Gasteiger partial charge is 0.313 e. The molecule has 0 heterocycles. The van der Waals surface area contributed by atoms with Crippen LogP contribution in [0.5, 0.6) is 0 Å². The van der Waals surface area contributed by atoms with E-state index in [0.717, 1.165) is 30.5 Å². The predicted octanol–water partition coefficient (Wildman–Crippen LogP) is 3.66. The van der Waals surface area contributed by atoms with Crippen molar-refractivity contribution in [3.63, 3.8) is 0 Å². The van der Waals surface area contributed by atoms with Gasteiger partial charge in [0.25, 0.3) is 0 Å². The minimum Gasteiger partial charge on any atom is -0.313 e. The number of hydrogen-bond donors (Lipinski definition) is 1. The van der Waals surface area contributed by atoms with Crippen LogP contribution >= 0.6 is 0 Å². The molecule has 0 aliphatic heterocycles. The molecule has 0 bridgehead atoms. The molecule has 0 aromatic rings. The molecule has 3 unspecified atom stereocenters. The van der Waals surface area contributed by atoms with Gasteiger partial charge in [0.1, 0.15) is 0 Å². The minimum atomic E-state index is 0.697. The Kier molecular flexibility index (Phi) is 5.70. The van der Waals surface area contributed by atoms with Crippen molar-refractivity contribution >= 4 is 0 Å².